The predicted octanol–water partition coefficient (Wildman–Crippen LogP) is 2.14. The second kappa shape index (κ2) is 9.33. The lowest BCUT2D eigenvalue weighted by molar-refractivity contribution is -0.121. The van der Waals surface area contributed by atoms with Crippen molar-refractivity contribution >= 4 is 5.91 Å². The SMILES string of the molecule is CCOCCCNC(=O)CCOc1ccc(F)cc1. The fraction of sp³-hybridized carbons (Fsp3) is 0.500. The van der Waals surface area contributed by atoms with Crippen LogP contribution in [0, 0.1) is 5.82 Å². The third kappa shape index (κ3) is 7.41. The van der Waals surface area contributed by atoms with E-state index in [0.29, 0.717) is 25.5 Å². The number of halogens is 1. The normalized spacial score (nSPS) is 10.2. The lowest BCUT2D eigenvalue weighted by atomic mass is 10.3. The molecule has 4 nitrogen and oxygen atoms in total. The van der Waals surface area contributed by atoms with Crippen molar-refractivity contribution < 1.29 is 18.7 Å². The van der Waals surface area contributed by atoms with Gasteiger partial charge >= 0.3 is 0 Å². The van der Waals surface area contributed by atoms with E-state index in [-0.39, 0.29) is 24.8 Å². The minimum atomic E-state index is -0.306. The zero-order valence-corrected chi connectivity index (χ0v) is 11.2. The first kappa shape index (κ1) is 15.4. The number of nitrogens with one attached hydrogen (secondary N) is 1. The number of hydrogen-bond acceptors (Lipinski definition) is 3. The molecule has 19 heavy (non-hydrogen) atoms. The molecule has 1 aromatic carbocycles. The highest BCUT2D eigenvalue weighted by Gasteiger charge is 2.01. The Morgan fingerprint density at radius 3 is 2.68 bits per heavy atom. The summed E-state index contributed by atoms with van der Waals surface area (Å²) in [7, 11) is 0. The summed E-state index contributed by atoms with van der Waals surface area (Å²) < 4.78 is 23.1. The van der Waals surface area contributed by atoms with Crippen molar-refractivity contribution in [2.24, 2.45) is 0 Å². The van der Waals surface area contributed by atoms with E-state index in [1.165, 1.54) is 24.3 Å². The van der Waals surface area contributed by atoms with Gasteiger partial charge in [0.1, 0.15) is 11.6 Å². The highest BCUT2D eigenvalue weighted by molar-refractivity contribution is 5.75. The summed E-state index contributed by atoms with van der Waals surface area (Å²) in [5, 5.41) is 2.78. The van der Waals surface area contributed by atoms with E-state index in [1.54, 1.807) is 0 Å². The highest BCUT2D eigenvalue weighted by Crippen LogP contribution is 2.10. The van der Waals surface area contributed by atoms with Crippen LogP contribution in [0.4, 0.5) is 4.39 Å². The molecule has 0 aliphatic carbocycles. The maximum absolute atomic E-state index is 12.6. The average Bonchev–Trinajstić information content (AvgIpc) is 2.41. The minimum absolute atomic E-state index is 0.0568. The van der Waals surface area contributed by atoms with Gasteiger partial charge in [-0.25, -0.2) is 4.39 Å². The van der Waals surface area contributed by atoms with Crippen LogP contribution < -0.4 is 10.1 Å². The van der Waals surface area contributed by atoms with Crippen molar-refractivity contribution in [3.63, 3.8) is 0 Å². The number of amides is 1. The number of ether oxygens (including phenoxy) is 2. The standard InChI is InChI=1S/C14H20FNO3/c1-2-18-10-3-9-16-14(17)8-11-19-13-6-4-12(15)5-7-13/h4-7H,2-3,8-11H2,1H3,(H,16,17). The third-order valence-electron chi connectivity index (χ3n) is 2.40. The number of carbonyl (C=O) groups excluding carboxylic acids is 1. The lowest BCUT2D eigenvalue weighted by Crippen LogP contribution is -2.26. The molecule has 0 saturated heterocycles. The highest BCUT2D eigenvalue weighted by atomic mass is 19.1. The van der Waals surface area contributed by atoms with Crippen molar-refractivity contribution in [2.45, 2.75) is 19.8 Å². The molecular weight excluding hydrogens is 249 g/mol. The molecule has 0 aliphatic heterocycles. The summed E-state index contributed by atoms with van der Waals surface area (Å²) in [6.45, 7) is 4.17. The Balaban J connectivity index is 2.05. The van der Waals surface area contributed by atoms with E-state index in [2.05, 4.69) is 5.32 Å². The summed E-state index contributed by atoms with van der Waals surface area (Å²) in [6, 6.07) is 5.72. The largest absolute Gasteiger partial charge is 0.493 e. The quantitative estimate of drug-likeness (QED) is 0.699. The monoisotopic (exact) mass is 269 g/mol. The smallest absolute Gasteiger partial charge is 0.223 e. The topological polar surface area (TPSA) is 47.6 Å². The molecule has 0 heterocycles. The molecule has 0 bridgehead atoms. The molecule has 106 valence electrons. The van der Waals surface area contributed by atoms with Crippen LogP contribution in [0.3, 0.4) is 0 Å². The van der Waals surface area contributed by atoms with Crippen LogP contribution in [-0.4, -0.2) is 32.3 Å². The molecule has 0 unspecified atom stereocenters. The van der Waals surface area contributed by atoms with Gasteiger partial charge in [-0.1, -0.05) is 0 Å². The summed E-state index contributed by atoms with van der Waals surface area (Å²) in [5.74, 6) is 0.198. The molecule has 0 aromatic heterocycles. The lowest BCUT2D eigenvalue weighted by Gasteiger charge is -2.07. The number of rotatable bonds is 9. The maximum Gasteiger partial charge on any atom is 0.223 e. The molecule has 1 rings (SSSR count). The third-order valence-corrected chi connectivity index (χ3v) is 2.40. The van der Waals surface area contributed by atoms with Gasteiger partial charge in [-0.15, -0.1) is 0 Å². The number of carbonyl (C=O) groups is 1. The van der Waals surface area contributed by atoms with Crippen LogP contribution in [-0.2, 0) is 9.53 Å². The van der Waals surface area contributed by atoms with Gasteiger partial charge in [0, 0.05) is 19.8 Å². The Labute approximate surface area is 112 Å². The van der Waals surface area contributed by atoms with Crippen molar-refractivity contribution in [3.8, 4) is 5.75 Å². The molecule has 0 spiro atoms. The van der Waals surface area contributed by atoms with Crippen LogP contribution in [0.1, 0.15) is 19.8 Å². The average molecular weight is 269 g/mol. The Morgan fingerprint density at radius 1 is 1.26 bits per heavy atom. The van der Waals surface area contributed by atoms with E-state index < -0.39 is 0 Å². The Kier molecular flexibility index (Phi) is 7.58. The van der Waals surface area contributed by atoms with Gasteiger partial charge in [0.15, 0.2) is 0 Å². The first-order chi connectivity index (χ1) is 9.22. The Bertz CT molecular complexity index is 367. The summed E-state index contributed by atoms with van der Waals surface area (Å²) in [6.07, 6.45) is 1.09. The zero-order valence-electron chi connectivity index (χ0n) is 11.2. The summed E-state index contributed by atoms with van der Waals surface area (Å²) in [4.78, 5) is 11.4. The van der Waals surface area contributed by atoms with Crippen molar-refractivity contribution in [1.29, 1.82) is 0 Å². The molecule has 0 fully saturated rings. The van der Waals surface area contributed by atoms with E-state index >= 15 is 0 Å². The van der Waals surface area contributed by atoms with E-state index in [0.717, 1.165) is 6.42 Å². The number of benzene rings is 1. The molecular formula is C14H20FNO3. The molecule has 1 amide bonds. The second-order valence-corrected chi connectivity index (χ2v) is 3.95. The predicted molar refractivity (Wildman–Crippen MR) is 70.6 cm³/mol. The van der Waals surface area contributed by atoms with Gasteiger partial charge in [0.25, 0.3) is 0 Å². The van der Waals surface area contributed by atoms with Crippen LogP contribution in [0.25, 0.3) is 0 Å². The Hall–Kier alpha value is -1.62. The fourth-order valence-corrected chi connectivity index (χ4v) is 1.43. The Morgan fingerprint density at radius 2 is 2.00 bits per heavy atom. The van der Waals surface area contributed by atoms with Crippen LogP contribution in [0.15, 0.2) is 24.3 Å². The number of hydrogen-bond donors (Lipinski definition) is 1. The van der Waals surface area contributed by atoms with Gasteiger partial charge in [-0.2, -0.15) is 0 Å². The zero-order chi connectivity index (χ0) is 13.9. The van der Waals surface area contributed by atoms with Crippen LogP contribution in [0.5, 0.6) is 5.75 Å². The summed E-state index contributed by atoms with van der Waals surface area (Å²) >= 11 is 0. The molecule has 5 heteroatoms. The minimum Gasteiger partial charge on any atom is -0.493 e. The fourth-order valence-electron chi connectivity index (χ4n) is 1.43. The van der Waals surface area contributed by atoms with Gasteiger partial charge in [-0.05, 0) is 37.6 Å². The molecule has 0 aliphatic rings. The van der Waals surface area contributed by atoms with Crippen molar-refractivity contribution in [2.75, 3.05) is 26.4 Å². The molecule has 0 saturated carbocycles. The molecule has 0 radical (unpaired) electrons. The summed E-state index contributed by atoms with van der Waals surface area (Å²) in [5.41, 5.74) is 0. The first-order valence-electron chi connectivity index (χ1n) is 6.45. The second-order valence-electron chi connectivity index (χ2n) is 3.95. The molecule has 1 N–H and O–H groups in total. The first-order valence-corrected chi connectivity index (χ1v) is 6.45. The molecule has 0 atom stereocenters. The van der Waals surface area contributed by atoms with Crippen LogP contribution in [0.2, 0.25) is 0 Å². The van der Waals surface area contributed by atoms with Gasteiger partial charge < -0.3 is 14.8 Å². The van der Waals surface area contributed by atoms with E-state index in [4.69, 9.17) is 9.47 Å². The molecule has 1 aromatic rings. The van der Waals surface area contributed by atoms with Crippen molar-refractivity contribution in [3.05, 3.63) is 30.1 Å². The van der Waals surface area contributed by atoms with Gasteiger partial charge in [-0.3, -0.25) is 4.79 Å². The van der Waals surface area contributed by atoms with E-state index in [1.807, 2.05) is 6.92 Å². The van der Waals surface area contributed by atoms with E-state index in [9.17, 15) is 9.18 Å². The van der Waals surface area contributed by atoms with Crippen LogP contribution >= 0.6 is 0 Å². The maximum atomic E-state index is 12.6. The van der Waals surface area contributed by atoms with Crippen molar-refractivity contribution in [1.82, 2.24) is 5.32 Å². The van der Waals surface area contributed by atoms with Gasteiger partial charge in [0.2, 0.25) is 5.91 Å². The van der Waals surface area contributed by atoms with Gasteiger partial charge in [0.05, 0.1) is 13.0 Å².